The minimum atomic E-state index is -0.185. The molecule has 1 fully saturated rings. The Hall–Kier alpha value is -1.92. The number of aromatic amines is 1. The summed E-state index contributed by atoms with van der Waals surface area (Å²) in [6.07, 6.45) is 0. The van der Waals surface area contributed by atoms with Gasteiger partial charge < -0.3 is 14.8 Å². The number of hydrogen-bond donors (Lipinski definition) is 1. The molecule has 2 aromatic rings. The van der Waals surface area contributed by atoms with E-state index >= 15 is 0 Å². The lowest BCUT2D eigenvalue weighted by molar-refractivity contribution is 0.104. The molecule has 1 N–H and O–H groups in total. The van der Waals surface area contributed by atoms with Crippen LogP contribution in [-0.4, -0.2) is 48.9 Å². The fourth-order valence-corrected chi connectivity index (χ4v) is 3.44. The predicted octanol–water partition coefficient (Wildman–Crippen LogP) is 1.73. The monoisotopic (exact) mass is 317 g/mol. The van der Waals surface area contributed by atoms with Crippen LogP contribution in [0.4, 0.5) is 5.69 Å². The van der Waals surface area contributed by atoms with Crippen molar-refractivity contribution in [2.24, 2.45) is 0 Å². The quantitative estimate of drug-likeness (QED) is 0.876. The van der Waals surface area contributed by atoms with E-state index in [-0.39, 0.29) is 10.7 Å². The number of aromatic nitrogens is 1. The summed E-state index contributed by atoms with van der Waals surface area (Å²) in [6, 6.07) is 7.67. The zero-order valence-corrected chi connectivity index (χ0v) is 13.6. The Morgan fingerprint density at radius 3 is 2.32 bits per heavy atom. The van der Waals surface area contributed by atoms with E-state index in [0.717, 1.165) is 43.2 Å². The molecular weight excluding hydrogens is 298 g/mol. The molecule has 0 bridgehead atoms. The molecule has 0 spiro atoms. The maximum Gasteiger partial charge on any atom is 0.305 e. The minimum absolute atomic E-state index is 0.0919. The topological polar surface area (TPSA) is 56.4 Å². The van der Waals surface area contributed by atoms with Gasteiger partial charge in [0, 0.05) is 43.1 Å². The van der Waals surface area contributed by atoms with Crippen molar-refractivity contribution in [1.82, 2.24) is 9.88 Å². The van der Waals surface area contributed by atoms with Crippen LogP contribution in [0.25, 0.3) is 0 Å². The maximum atomic E-state index is 12.4. The van der Waals surface area contributed by atoms with E-state index in [4.69, 9.17) is 0 Å². The molecule has 0 aliphatic carbocycles. The maximum absolute atomic E-state index is 12.4. The molecule has 1 aromatic heterocycles. The number of aryl methyl sites for hydroxylation is 1. The normalized spacial score (nSPS) is 16.0. The summed E-state index contributed by atoms with van der Waals surface area (Å²) in [5.74, 6) is -0.0919. The first kappa shape index (κ1) is 15.0. The lowest BCUT2D eigenvalue weighted by Crippen LogP contribution is -2.44. The molecule has 1 aromatic carbocycles. The average molecular weight is 317 g/mol. The number of ketones is 1. The van der Waals surface area contributed by atoms with E-state index in [2.05, 4.69) is 21.8 Å². The van der Waals surface area contributed by atoms with Crippen LogP contribution in [0, 0.1) is 6.92 Å². The van der Waals surface area contributed by atoms with Crippen molar-refractivity contribution in [3.05, 3.63) is 50.1 Å². The van der Waals surface area contributed by atoms with Gasteiger partial charge in [-0.05, 0) is 38.2 Å². The zero-order chi connectivity index (χ0) is 15.7. The third-order valence-electron chi connectivity index (χ3n) is 4.03. The number of rotatable bonds is 3. The number of likely N-dealkylation sites (N-methyl/N-ethyl adjacent to an activating group) is 1. The number of nitrogens with zero attached hydrogens (tertiary/aromatic N) is 2. The first-order chi connectivity index (χ1) is 10.5. The van der Waals surface area contributed by atoms with Crippen LogP contribution in [0.5, 0.6) is 0 Å². The summed E-state index contributed by atoms with van der Waals surface area (Å²) >= 11 is 0.973. The number of anilines is 1. The van der Waals surface area contributed by atoms with Crippen LogP contribution in [-0.2, 0) is 0 Å². The Labute approximate surface area is 133 Å². The van der Waals surface area contributed by atoms with E-state index in [1.54, 1.807) is 6.92 Å². The Morgan fingerprint density at radius 1 is 1.14 bits per heavy atom. The van der Waals surface area contributed by atoms with Gasteiger partial charge in [-0.15, -0.1) is 0 Å². The summed E-state index contributed by atoms with van der Waals surface area (Å²) in [7, 11) is 2.13. The molecule has 116 valence electrons. The molecule has 0 saturated carbocycles. The Bertz CT molecular complexity index is 725. The highest BCUT2D eigenvalue weighted by Gasteiger charge is 2.17. The molecule has 0 unspecified atom stereocenters. The molecule has 0 atom stereocenters. The molecule has 1 saturated heterocycles. The highest BCUT2D eigenvalue weighted by molar-refractivity contribution is 7.11. The molecular formula is C16H19N3O2S. The smallest absolute Gasteiger partial charge is 0.305 e. The third-order valence-corrected chi connectivity index (χ3v) is 5.01. The number of hydrogen-bond acceptors (Lipinski definition) is 5. The van der Waals surface area contributed by atoms with Crippen molar-refractivity contribution in [3.8, 4) is 0 Å². The number of H-pyrrole nitrogens is 1. The van der Waals surface area contributed by atoms with Gasteiger partial charge in [0.1, 0.15) is 0 Å². The standard InChI is InChI=1S/C16H19N3O2S/c1-11-15(22-16(21)17-11)14(20)12-3-5-13(6-4-12)19-9-7-18(2)8-10-19/h3-6H,7-10H2,1-2H3,(H,17,21). The van der Waals surface area contributed by atoms with Crippen molar-refractivity contribution in [1.29, 1.82) is 0 Å². The first-order valence-electron chi connectivity index (χ1n) is 7.32. The number of nitrogens with one attached hydrogen (secondary N) is 1. The summed E-state index contributed by atoms with van der Waals surface area (Å²) in [5.41, 5.74) is 2.41. The van der Waals surface area contributed by atoms with Gasteiger partial charge in [-0.1, -0.05) is 11.3 Å². The van der Waals surface area contributed by atoms with Crippen molar-refractivity contribution in [2.75, 3.05) is 38.1 Å². The van der Waals surface area contributed by atoms with E-state index in [0.29, 0.717) is 16.1 Å². The van der Waals surface area contributed by atoms with Crippen LogP contribution in [0.2, 0.25) is 0 Å². The summed E-state index contributed by atoms with van der Waals surface area (Å²) in [5, 5.41) is 0. The molecule has 0 amide bonds. The molecule has 22 heavy (non-hydrogen) atoms. The second-order valence-corrected chi connectivity index (χ2v) is 6.62. The summed E-state index contributed by atoms with van der Waals surface area (Å²) in [6.45, 7) is 5.86. The largest absolute Gasteiger partial charge is 0.369 e. The van der Waals surface area contributed by atoms with Crippen LogP contribution in [0.15, 0.2) is 29.1 Å². The Balaban J connectivity index is 1.78. The first-order valence-corrected chi connectivity index (χ1v) is 8.14. The van der Waals surface area contributed by atoms with Crippen LogP contribution in [0.1, 0.15) is 20.9 Å². The fourth-order valence-electron chi connectivity index (χ4n) is 2.64. The molecule has 1 aliphatic rings. The predicted molar refractivity (Wildman–Crippen MR) is 89.3 cm³/mol. The van der Waals surface area contributed by atoms with Gasteiger partial charge in [0.05, 0.1) is 4.88 Å². The number of thiazole rings is 1. The summed E-state index contributed by atoms with van der Waals surface area (Å²) in [4.78, 5) is 31.4. The van der Waals surface area contributed by atoms with Crippen molar-refractivity contribution in [2.45, 2.75) is 6.92 Å². The fraction of sp³-hybridized carbons (Fsp3) is 0.375. The second-order valence-electron chi connectivity index (χ2n) is 5.63. The van der Waals surface area contributed by atoms with E-state index in [1.165, 1.54) is 0 Å². The summed E-state index contributed by atoms with van der Waals surface area (Å²) < 4.78 is 0. The lowest BCUT2D eigenvalue weighted by atomic mass is 10.1. The Morgan fingerprint density at radius 2 is 1.77 bits per heavy atom. The highest BCUT2D eigenvalue weighted by Crippen LogP contribution is 2.20. The molecule has 5 nitrogen and oxygen atoms in total. The van der Waals surface area contributed by atoms with Gasteiger partial charge in [0.2, 0.25) is 5.78 Å². The number of carbonyl (C=O) groups is 1. The average Bonchev–Trinajstić information content (AvgIpc) is 2.86. The van der Waals surface area contributed by atoms with Gasteiger partial charge in [0.25, 0.3) is 0 Å². The lowest BCUT2D eigenvalue weighted by Gasteiger charge is -2.34. The molecule has 3 rings (SSSR count). The Kier molecular flexibility index (Phi) is 4.13. The number of piperazine rings is 1. The van der Waals surface area contributed by atoms with Crippen molar-refractivity contribution >= 4 is 22.8 Å². The second kappa shape index (κ2) is 6.06. The molecule has 2 heterocycles. The number of carbonyl (C=O) groups excluding carboxylic acids is 1. The van der Waals surface area contributed by atoms with Crippen LogP contribution in [0.3, 0.4) is 0 Å². The zero-order valence-electron chi connectivity index (χ0n) is 12.8. The molecule has 0 radical (unpaired) electrons. The van der Waals surface area contributed by atoms with Gasteiger partial charge in [-0.25, -0.2) is 0 Å². The molecule has 6 heteroatoms. The SMILES string of the molecule is Cc1[nH]c(=O)sc1C(=O)c1ccc(N2CCN(C)CC2)cc1. The van der Waals surface area contributed by atoms with Crippen LogP contribution >= 0.6 is 11.3 Å². The highest BCUT2D eigenvalue weighted by atomic mass is 32.1. The third kappa shape index (κ3) is 2.98. The molecule has 1 aliphatic heterocycles. The minimum Gasteiger partial charge on any atom is -0.369 e. The van der Waals surface area contributed by atoms with E-state index in [1.807, 2.05) is 24.3 Å². The van der Waals surface area contributed by atoms with E-state index in [9.17, 15) is 9.59 Å². The van der Waals surface area contributed by atoms with Crippen molar-refractivity contribution in [3.63, 3.8) is 0 Å². The van der Waals surface area contributed by atoms with Gasteiger partial charge in [-0.3, -0.25) is 9.59 Å². The van der Waals surface area contributed by atoms with Gasteiger partial charge in [-0.2, -0.15) is 0 Å². The number of benzene rings is 1. The van der Waals surface area contributed by atoms with Gasteiger partial charge in [0.15, 0.2) is 0 Å². The van der Waals surface area contributed by atoms with Gasteiger partial charge >= 0.3 is 4.87 Å². The van der Waals surface area contributed by atoms with E-state index < -0.39 is 0 Å². The van der Waals surface area contributed by atoms with Crippen molar-refractivity contribution < 1.29 is 4.79 Å². The van der Waals surface area contributed by atoms with Crippen LogP contribution < -0.4 is 9.77 Å².